The first-order valence-corrected chi connectivity index (χ1v) is 10.7. The average molecular weight is 378 g/mol. The first-order chi connectivity index (χ1) is 11.2. The van der Waals surface area contributed by atoms with Crippen LogP contribution >= 0.6 is 0 Å². The van der Waals surface area contributed by atoms with Crippen molar-refractivity contribution in [1.29, 1.82) is 0 Å². The molecule has 0 saturated heterocycles. The summed E-state index contributed by atoms with van der Waals surface area (Å²) < 4.78 is 54.2. The Hall–Kier alpha value is -1.65. The first kappa shape index (κ1) is 20.4. The molecule has 0 aliphatic carbocycles. The number of carbonyl (C=O) groups excluding carboxylic acids is 1. The minimum Gasteiger partial charge on any atom is -0.493 e. The predicted octanol–water partition coefficient (Wildman–Crippen LogP) is -0.0855. The van der Waals surface area contributed by atoms with Crippen molar-refractivity contribution in [2.24, 2.45) is 0 Å². The normalized spacial score (nSPS) is 11.9. The van der Waals surface area contributed by atoms with Crippen LogP contribution in [0.3, 0.4) is 0 Å². The van der Waals surface area contributed by atoms with Gasteiger partial charge in [-0.2, -0.15) is 0 Å². The molecule has 0 aliphatic rings. The second-order valence-corrected chi connectivity index (χ2v) is 9.07. The molecular formula is C14H22N2O6S2. The van der Waals surface area contributed by atoms with Gasteiger partial charge in [-0.15, -0.1) is 0 Å². The number of hydrogen-bond acceptors (Lipinski definition) is 6. The molecule has 1 rings (SSSR count). The Bertz CT molecular complexity index is 742. The third kappa shape index (κ3) is 6.85. The molecule has 1 amide bonds. The number of benzene rings is 1. The lowest BCUT2D eigenvalue weighted by Gasteiger charge is -2.09. The van der Waals surface area contributed by atoms with Gasteiger partial charge in [0.05, 0.1) is 17.2 Å². The number of rotatable bonds is 10. The average Bonchev–Trinajstić information content (AvgIpc) is 2.54. The second-order valence-electron chi connectivity index (χ2n) is 4.83. The lowest BCUT2D eigenvalue weighted by molar-refractivity contribution is -0.119. The summed E-state index contributed by atoms with van der Waals surface area (Å²) in [6.07, 6.45) is 0. The third-order valence-corrected chi connectivity index (χ3v) is 6.12. The van der Waals surface area contributed by atoms with Gasteiger partial charge in [-0.05, 0) is 31.2 Å². The van der Waals surface area contributed by atoms with Crippen LogP contribution in [0.2, 0.25) is 0 Å². The molecule has 0 atom stereocenters. The molecule has 2 N–H and O–H groups in total. The summed E-state index contributed by atoms with van der Waals surface area (Å²) in [5.74, 6) is -0.107. The maximum Gasteiger partial charge on any atom is 0.241 e. The molecular weight excluding hydrogens is 356 g/mol. The van der Waals surface area contributed by atoms with Crippen molar-refractivity contribution in [1.82, 2.24) is 10.0 Å². The van der Waals surface area contributed by atoms with E-state index in [1.54, 1.807) is 13.8 Å². The molecule has 0 spiro atoms. The number of amides is 1. The fourth-order valence-corrected chi connectivity index (χ4v) is 3.26. The van der Waals surface area contributed by atoms with E-state index in [2.05, 4.69) is 10.0 Å². The monoisotopic (exact) mass is 378 g/mol. The standard InChI is InChI=1S/C14H22N2O6S2/c1-3-15-14(17)11-16-24(20,21)13-7-5-12(6-8-13)22-9-10-23(18,19)4-2/h5-8,16H,3-4,9-11H2,1-2H3,(H,15,17). The molecule has 0 aliphatic heterocycles. The zero-order valence-corrected chi connectivity index (χ0v) is 15.2. The number of sulfone groups is 1. The number of carbonyl (C=O) groups is 1. The van der Waals surface area contributed by atoms with Gasteiger partial charge < -0.3 is 10.1 Å². The summed E-state index contributed by atoms with van der Waals surface area (Å²) in [5, 5.41) is 2.48. The Morgan fingerprint density at radius 1 is 1.08 bits per heavy atom. The zero-order chi connectivity index (χ0) is 18.2. The SMILES string of the molecule is CCNC(=O)CNS(=O)(=O)c1ccc(OCCS(=O)(=O)CC)cc1. The van der Waals surface area contributed by atoms with Crippen molar-refractivity contribution in [2.45, 2.75) is 18.7 Å². The largest absolute Gasteiger partial charge is 0.493 e. The number of sulfonamides is 1. The van der Waals surface area contributed by atoms with Gasteiger partial charge in [-0.1, -0.05) is 6.92 Å². The number of ether oxygens (including phenoxy) is 1. The van der Waals surface area contributed by atoms with Crippen molar-refractivity contribution < 1.29 is 26.4 Å². The maximum atomic E-state index is 12.0. The summed E-state index contributed by atoms with van der Waals surface area (Å²) in [4.78, 5) is 11.3. The van der Waals surface area contributed by atoms with Crippen molar-refractivity contribution in [3.05, 3.63) is 24.3 Å². The van der Waals surface area contributed by atoms with Crippen LogP contribution in [0.1, 0.15) is 13.8 Å². The Morgan fingerprint density at radius 3 is 2.25 bits per heavy atom. The summed E-state index contributed by atoms with van der Waals surface area (Å²) in [5.41, 5.74) is 0. The van der Waals surface area contributed by atoms with Gasteiger partial charge in [0.2, 0.25) is 15.9 Å². The van der Waals surface area contributed by atoms with Crippen molar-refractivity contribution >= 4 is 25.8 Å². The van der Waals surface area contributed by atoms with Crippen molar-refractivity contribution in [3.63, 3.8) is 0 Å². The smallest absolute Gasteiger partial charge is 0.241 e. The zero-order valence-electron chi connectivity index (χ0n) is 13.6. The molecule has 1 aromatic rings. The van der Waals surface area contributed by atoms with Gasteiger partial charge in [-0.3, -0.25) is 4.79 Å². The summed E-state index contributed by atoms with van der Waals surface area (Å²) >= 11 is 0. The summed E-state index contributed by atoms with van der Waals surface area (Å²) in [7, 11) is -6.91. The molecule has 10 heteroatoms. The molecule has 24 heavy (non-hydrogen) atoms. The summed E-state index contributed by atoms with van der Waals surface area (Å²) in [6, 6.07) is 5.51. The van der Waals surface area contributed by atoms with Gasteiger partial charge in [0.1, 0.15) is 12.4 Å². The van der Waals surface area contributed by atoms with E-state index in [9.17, 15) is 21.6 Å². The van der Waals surface area contributed by atoms with Crippen LogP contribution in [0.25, 0.3) is 0 Å². The van der Waals surface area contributed by atoms with Crippen LogP contribution in [0.5, 0.6) is 5.75 Å². The molecule has 0 bridgehead atoms. The van der Waals surface area contributed by atoms with Crippen molar-refractivity contribution in [2.75, 3.05) is 31.2 Å². The molecule has 8 nitrogen and oxygen atoms in total. The number of hydrogen-bond donors (Lipinski definition) is 2. The molecule has 0 heterocycles. The minimum atomic E-state index is -3.80. The highest BCUT2D eigenvalue weighted by Gasteiger charge is 2.15. The van der Waals surface area contributed by atoms with E-state index in [0.717, 1.165) is 0 Å². The highest BCUT2D eigenvalue weighted by molar-refractivity contribution is 7.91. The van der Waals surface area contributed by atoms with Crippen molar-refractivity contribution in [3.8, 4) is 5.75 Å². The molecule has 136 valence electrons. The predicted molar refractivity (Wildman–Crippen MR) is 90.1 cm³/mol. The Morgan fingerprint density at radius 2 is 1.71 bits per heavy atom. The fourth-order valence-electron chi connectivity index (χ4n) is 1.65. The maximum absolute atomic E-state index is 12.0. The van der Waals surface area contributed by atoms with E-state index in [1.807, 2.05) is 0 Å². The van der Waals surface area contributed by atoms with Gasteiger partial charge in [0, 0.05) is 12.3 Å². The molecule has 0 unspecified atom stereocenters. The van der Waals surface area contributed by atoms with Crippen LogP contribution in [0.4, 0.5) is 0 Å². The van der Waals surface area contributed by atoms with Gasteiger partial charge in [0.15, 0.2) is 9.84 Å². The molecule has 0 aromatic heterocycles. The fraction of sp³-hybridized carbons (Fsp3) is 0.500. The van der Waals surface area contributed by atoms with E-state index in [0.29, 0.717) is 12.3 Å². The van der Waals surface area contributed by atoms with E-state index in [-0.39, 0.29) is 29.6 Å². The Labute approximate surface area is 142 Å². The van der Waals surface area contributed by atoms with E-state index in [4.69, 9.17) is 4.74 Å². The number of nitrogens with one attached hydrogen (secondary N) is 2. The van der Waals surface area contributed by atoms with Crippen LogP contribution in [0, 0.1) is 0 Å². The summed E-state index contributed by atoms with van der Waals surface area (Å²) in [6.45, 7) is 3.36. The Kier molecular flexibility index (Phi) is 7.64. The highest BCUT2D eigenvalue weighted by Crippen LogP contribution is 2.15. The van der Waals surface area contributed by atoms with E-state index in [1.165, 1.54) is 24.3 Å². The molecule has 0 radical (unpaired) electrons. The van der Waals surface area contributed by atoms with Crippen LogP contribution in [-0.4, -0.2) is 53.9 Å². The lowest BCUT2D eigenvalue weighted by Crippen LogP contribution is -2.36. The van der Waals surface area contributed by atoms with E-state index < -0.39 is 25.8 Å². The quantitative estimate of drug-likeness (QED) is 0.588. The van der Waals surface area contributed by atoms with Crippen LogP contribution < -0.4 is 14.8 Å². The minimum absolute atomic E-state index is 0.00227. The third-order valence-electron chi connectivity index (χ3n) is 3.03. The molecule has 0 saturated carbocycles. The Balaban J connectivity index is 2.61. The molecule has 1 aromatic carbocycles. The lowest BCUT2D eigenvalue weighted by atomic mass is 10.3. The van der Waals surface area contributed by atoms with Crippen LogP contribution in [-0.2, 0) is 24.7 Å². The second kappa shape index (κ2) is 9.00. The van der Waals surface area contributed by atoms with Gasteiger partial charge in [0.25, 0.3) is 0 Å². The van der Waals surface area contributed by atoms with Gasteiger partial charge in [-0.25, -0.2) is 21.6 Å². The first-order valence-electron chi connectivity index (χ1n) is 7.40. The topological polar surface area (TPSA) is 119 Å². The molecule has 0 fully saturated rings. The van der Waals surface area contributed by atoms with Gasteiger partial charge >= 0.3 is 0 Å². The van der Waals surface area contributed by atoms with Crippen LogP contribution in [0.15, 0.2) is 29.2 Å². The highest BCUT2D eigenvalue weighted by atomic mass is 32.2. The number of likely N-dealkylation sites (N-methyl/N-ethyl adjacent to an activating group) is 1. The van der Waals surface area contributed by atoms with E-state index >= 15 is 0 Å².